The average Bonchev–Trinajstić information content (AvgIpc) is 3.07. The van der Waals surface area contributed by atoms with Crippen molar-refractivity contribution in [1.29, 1.82) is 0 Å². The van der Waals surface area contributed by atoms with Gasteiger partial charge in [0.25, 0.3) is 0 Å². The van der Waals surface area contributed by atoms with Gasteiger partial charge < -0.3 is 15.5 Å². The molecule has 2 rings (SSSR count). The number of guanidine groups is 1. The number of aliphatic imine (C=N–C) groups is 1. The fourth-order valence-electron chi connectivity index (χ4n) is 2.39. The second-order valence-electron chi connectivity index (χ2n) is 5.33. The Morgan fingerprint density at radius 2 is 1.88 bits per heavy atom. The van der Waals surface area contributed by atoms with Gasteiger partial charge in [-0.2, -0.15) is 0 Å². The second-order valence-corrected chi connectivity index (χ2v) is 5.33. The Morgan fingerprint density at radius 3 is 2.41 bits per heavy atom. The van der Waals surface area contributed by atoms with Gasteiger partial charge in [0.1, 0.15) is 0 Å². The molecule has 1 saturated heterocycles. The fourth-order valence-corrected chi connectivity index (χ4v) is 2.39. The van der Waals surface area contributed by atoms with Gasteiger partial charge in [-0.3, -0.25) is 4.99 Å². The molecule has 98 valence electrons. The SMILES string of the molecule is CCN1CCC(CNC(=NC)NCC2CC2)C1. The van der Waals surface area contributed by atoms with Crippen LogP contribution in [0.1, 0.15) is 26.2 Å². The van der Waals surface area contributed by atoms with Crippen LogP contribution >= 0.6 is 0 Å². The molecule has 4 nitrogen and oxygen atoms in total. The van der Waals surface area contributed by atoms with Gasteiger partial charge in [0, 0.05) is 26.7 Å². The van der Waals surface area contributed by atoms with Gasteiger partial charge in [-0.05, 0) is 44.2 Å². The van der Waals surface area contributed by atoms with Crippen molar-refractivity contribution >= 4 is 5.96 Å². The Hall–Kier alpha value is -0.770. The molecule has 1 saturated carbocycles. The number of hydrogen-bond donors (Lipinski definition) is 2. The number of nitrogens with zero attached hydrogens (tertiary/aromatic N) is 2. The van der Waals surface area contributed by atoms with Crippen molar-refractivity contribution in [3.63, 3.8) is 0 Å². The molecular weight excluding hydrogens is 212 g/mol. The van der Waals surface area contributed by atoms with Crippen molar-refractivity contribution in [2.24, 2.45) is 16.8 Å². The summed E-state index contributed by atoms with van der Waals surface area (Å²) in [7, 11) is 1.86. The van der Waals surface area contributed by atoms with E-state index in [0.29, 0.717) is 0 Å². The van der Waals surface area contributed by atoms with Crippen LogP contribution < -0.4 is 10.6 Å². The summed E-state index contributed by atoms with van der Waals surface area (Å²) >= 11 is 0. The predicted octanol–water partition coefficient (Wildman–Crippen LogP) is 0.903. The summed E-state index contributed by atoms with van der Waals surface area (Å²) in [4.78, 5) is 6.79. The van der Waals surface area contributed by atoms with E-state index in [1.807, 2.05) is 7.05 Å². The summed E-state index contributed by atoms with van der Waals surface area (Å²) in [6.45, 7) is 8.07. The van der Waals surface area contributed by atoms with Gasteiger partial charge in [0.15, 0.2) is 5.96 Å². The molecule has 1 aliphatic carbocycles. The molecule has 0 aromatic rings. The molecule has 0 radical (unpaired) electrons. The highest BCUT2D eigenvalue weighted by Gasteiger charge is 2.22. The maximum atomic E-state index is 4.27. The molecule has 4 heteroatoms. The van der Waals surface area contributed by atoms with E-state index in [4.69, 9.17) is 0 Å². The molecule has 1 unspecified atom stereocenters. The van der Waals surface area contributed by atoms with E-state index in [2.05, 4.69) is 27.4 Å². The summed E-state index contributed by atoms with van der Waals surface area (Å²) in [6.07, 6.45) is 4.09. The Balaban J connectivity index is 1.62. The van der Waals surface area contributed by atoms with Gasteiger partial charge in [-0.25, -0.2) is 0 Å². The Bertz CT molecular complexity index is 260. The van der Waals surface area contributed by atoms with E-state index in [1.54, 1.807) is 0 Å². The topological polar surface area (TPSA) is 39.7 Å². The number of nitrogens with one attached hydrogen (secondary N) is 2. The highest BCUT2D eigenvalue weighted by molar-refractivity contribution is 5.79. The molecule has 0 aromatic carbocycles. The average molecular weight is 238 g/mol. The molecule has 2 aliphatic rings. The predicted molar refractivity (Wildman–Crippen MR) is 72.3 cm³/mol. The molecule has 2 N–H and O–H groups in total. The molecule has 2 fully saturated rings. The highest BCUT2D eigenvalue weighted by atomic mass is 15.2. The monoisotopic (exact) mass is 238 g/mol. The van der Waals surface area contributed by atoms with Crippen molar-refractivity contribution in [2.45, 2.75) is 26.2 Å². The van der Waals surface area contributed by atoms with Crippen LogP contribution in [0.2, 0.25) is 0 Å². The lowest BCUT2D eigenvalue weighted by atomic mass is 10.1. The molecule has 0 spiro atoms. The lowest BCUT2D eigenvalue weighted by molar-refractivity contribution is 0.342. The number of likely N-dealkylation sites (tertiary alicyclic amines) is 1. The Kier molecular flexibility index (Phi) is 4.66. The zero-order valence-corrected chi connectivity index (χ0v) is 11.2. The lowest BCUT2D eigenvalue weighted by Gasteiger charge is -2.16. The summed E-state index contributed by atoms with van der Waals surface area (Å²) in [5, 5.41) is 6.86. The molecule has 0 aromatic heterocycles. The first-order valence-electron chi connectivity index (χ1n) is 6.98. The van der Waals surface area contributed by atoms with Crippen molar-refractivity contribution in [1.82, 2.24) is 15.5 Å². The quantitative estimate of drug-likeness (QED) is 0.552. The fraction of sp³-hybridized carbons (Fsp3) is 0.923. The number of rotatable bonds is 5. The van der Waals surface area contributed by atoms with Gasteiger partial charge in [0.05, 0.1) is 0 Å². The van der Waals surface area contributed by atoms with E-state index in [0.717, 1.165) is 30.9 Å². The molecular formula is C13H26N4. The minimum atomic E-state index is 0.787. The molecule has 1 aliphatic heterocycles. The second kappa shape index (κ2) is 6.24. The van der Waals surface area contributed by atoms with Gasteiger partial charge in [-0.15, -0.1) is 0 Å². The van der Waals surface area contributed by atoms with Crippen LogP contribution in [0.25, 0.3) is 0 Å². The van der Waals surface area contributed by atoms with Crippen molar-refractivity contribution in [2.75, 3.05) is 39.8 Å². The van der Waals surface area contributed by atoms with Crippen molar-refractivity contribution in [3.05, 3.63) is 0 Å². The summed E-state index contributed by atoms with van der Waals surface area (Å²) in [5.41, 5.74) is 0. The summed E-state index contributed by atoms with van der Waals surface area (Å²) in [5.74, 6) is 2.66. The third-order valence-corrected chi connectivity index (χ3v) is 3.85. The van der Waals surface area contributed by atoms with Crippen LogP contribution in [0.5, 0.6) is 0 Å². The van der Waals surface area contributed by atoms with Crippen LogP contribution in [0, 0.1) is 11.8 Å². The lowest BCUT2D eigenvalue weighted by Crippen LogP contribution is -2.41. The Morgan fingerprint density at radius 1 is 1.18 bits per heavy atom. The third-order valence-electron chi connectivity index (χ3n) is 3.85. The maximum Gasteiger partial charge on any atom is 0.190 e. The van der Waals surface area contributed by atoms with Crippen LogP contribution in [-0.2, 0) is 0 Å². The van der Waals surface area contributed by atoms with Crippen LogP contribution in [0.3, 0.4) is 0 Å². The first-order valence-corrected chi connectivity index (χ1v) is 6.98. The normalized spacial score (nSPS) is 26.2. The largest absolute Gasteiger partial charge is 0.356 e. The van der Waals surface area contributed by atoms with Crippen molar-refractivity contribution < 1.29 is 0 Å². The molecule has 1 atom stereocenters. The van der Waals surface area contributed by atoms with E-state index in [1.165, 1.54) is 38.9 Å². The maximum absolute atomic E-state index is 4.27. The number of hydrogen-bond acceptors (Lipinski definition) is 2. The molecule has 17 heavy (non-hydrogen) atoms. The first kappa shape index (κ1) is 12.7. The van der Waals surface area contributed by atoms with Crippen LogP contribution in [0.15, 0.2) is 4.99 Å². The first-order chi connectivity index (χ1) is 8.31. The minimum Gasteiger partial charge on any atom is -0.356 e. The van der Waals surface area contributed by atoms with E-state index in [-0.39, 0.29) is 0 Å². The van der Waals surface area contributed by atoms with Gasteiger partial charge in [-0.1, -0.05) is 6.92 Å². The molecule has 1 heterocycles. The van der Waals surface area contributed by atoms with Crippen LogP contribution in [0.4, 0.5) is 0 Å². The van der Waals surface area contributed by atoms with Gasteiger partial charge >= 0.3 is 0 Å². The Labute approximate surface area is 105 Å². The van der Waals surface area contributed by atoms with E-state index < -0.39 is 0 Å². The molecule has 0 bridgehead atoms. The smallest absolute Gasteiger partial charge is 0.190 e. The minimum absolute atomic E-state index is 0.787. The highest BCUT2D eigenvalue weighted by Crippen LogP contribution is 2.27. The van der Waals surface area contributed by atoms with Crippen molar-refractivity contribution in [3.8, 4) is 0 Å². The molecule has 0 amide bonds. The van der Waals surface area contributed by atoms with Crippen LogP contribution in [-0.4, -0.2) is 50.6 Å². The zero-order valence-electron chi connectivity index (χ0n) is 11.2. The zero-order chi connectivity index (χ0) is 12.1. The standard InChI is InChI=1S/C13H26N4/c1-3-17-7-6-12(10-17)9-16-13(14-2)15-8-11-4-5-11/h11-12H,3-10H2,1-2H3,(H2,14,15,16). The summed E-state index contributed by atoms with van der Waals surface area (Å²) < 4.78 is 0. The third kappa shape index (κ3) is 4.19. The van der Waals surface area contributed by atoms with E-state index in [9.17, 15) is 0 Å². The van der Waals surface area contributed by atoms with E-state index >= 15 is 0 Å². The summed E-state index contributed by atoms with van der Waals surface area (Å²) in [6, 6.07) is 0. The van der Waals surface area contributed by atoms with Gasteiger partial charge in [0.2, 0.25) is 0 Å².